The molecule has 0 unspecified atom stereocenters. The molecule has 86 valence electrons. The van der Waals surface area contributed by atoms with Crippen LogP contribution in [0.25, 0.3) is 0 Å². The molecule has 1 aromatic heterocycles. The van der Waals surface area contributed by atoms with Crippen LogP contribution in [0.3, 0.4) is 0 Å². The van der Waals surface area contributed by atoms with Gasteiger partial charge in [0.25, 0.3) is 15.5 Å². The predicted molar refractivity (Wildman–Crippen MR) is 52.0 cm³/mol. The molecule has 0 bridgehead atoms. The number of alkyl halides is 2. The Kier molecular flexibility index (Phi) is 3.68. The van der Waals surface area contributed by atoms with Gasteiger partial charge in [-0.2, -0.15) is 5.26 Å². The summed E-state index contributed by atoms with van der Waals surface area (Å²) in [6.07, 6.45) is -3.12. The Balaban J connectivity index is 3.63. The summed E-state index contributed by atoms with van der Waals surface area (Å²) in [7, 11) is 0.471. The Morgan fingerprint density at radius 3 is 2.44 bits per heavy atom. The summed E-state index contributed by atoms with van der Waals surface area (Å²) < 4.78 is 46.9. The summed E-state index contributed by atoms with van der Waals surface area (Å²) in [5, 5.41) is 6.99. The van der Waals surface area contributed by atoms with Crippen LogP contribution in [0.15, 0.2) is 11.1 Å². The number of hydrogen-bond acceptors (Lipinski definition) is 4. The van der Waals surface area contributed by atoms with Crippen molar-refractivity contribution in [1.29, 1.82) is 5.26 Å². The van der Waals surface area contributed by atoms with Gasteiger partial charge in [-0.05, 0) is 6.07 Å². The smallest absolute Gasteiger partial charge is 0.221 e. The third kappa shape index (κ3) is 2.58. The van der Waals surface area contributed by atoms with Crippen LogP contribution in [-0.2, 0) is 9.05 Å². The fourth-order valence-corrected chi connectivity index (χ4v) is 2.15. The van der Waals surface area contributed by atoms with Crippen molar-refractivity contribution in [3.63, 3.8) is 0 Å². The van der Waals surface area contributed by atoms with Gasteiger partial charge in [-0.3, -0.25) is 0 Å². The van der Waals surface area contributed by atoms with Crippen molar-refractivity contribution >= 4 is 31.3 Å². The minimum absolute atomic E-state index is 0.346. The number of hydrogen-bond donors (Lipinski definition) is 0. The molecule has 0 atom stereocenters. The van der Waals surface area contributed by atoms with Crippen molar-refractivity contribution in [3.8, 4) is 6.07 Å². The monoisotopic (exact) mass is 286 g/mol. The van der Waals surface area contributed by atoms with Crippen molar-refractivity contribution in [2.75, 3.05) is 0 Å². The minimum atomic E-state index is -4.44. The van der Waals surface area contributed by atoms with Gasteiger partial charge in [0.15, 0.2) is 5.03 Å². The highest BCUT2D eigenvalue weighted by atomic mass is 35.7. The van der Waals surface area contributed by atoms with Crippen LogP contribution in [0.1, 0.15) is 17.6 Å². The fourth-order valence-electron chi connectivity index (χ4n) is 0.921. The van der Waals surface area contributed by atoms with Crippen LogP contribution < -0.4 is 0 Å². The lowest BCUT2D eigenvalue weighted by Crippen LogP contribution is -2.04. The van der Waals surface area contributed by atoms with E-state index in [2.05, 4.69) is 4.98 Å². The highest BCUT2D eigenvalue weighted by Gasteiger charge is 2.25. The Morgan fingerprint density at radius 2 is 2.06 bits per heavy atom. The first-order valence-corrected chi connectivity index (χ1v) is 6.29. The predicted octanol–water partition coefficient (Wildman–Crippen LogP) is 2.47. The molecule has 9 heteroatoms. The quantitative estimate of drug-likeness (QED) is 0.618. The molecule has 0 fully saturated rings. The van der Waals surface area contributed by atoms with Crippen LogP contribution >= 0.6 is 22.3 Å². The summed E-state index contributed by atoms with van der Waals surface area (Å²) in [4.78, 5) is 3.18. The van der Waals surface area contributed by atoms with Crippen LogP contribution in [0.4, 0.5) is 8.78 Å². The van der Waals surface area contributed by atoms with E-state index < -0.39 is 31.2 Å². The van der Waals surface area contributed by atoms with Crippen molar-refractivity contribution in [2.24, 2.45) is 0 Å². The van der Waals surface area contributed by atoms with Gasteiger partial charge in [0.05, 0.1) is 11.1 Å². The zero-order valence-electron chi connectivity index (χ0n) is 7.29. The van der Waals surface area contributed by atoms with E-state index in [9.17, 15) is 17.2 Å². The van der Waals surface area contributed by atoms with E-state index in [0.717, 1.165) is 0 Å². The van der Waals surface area contributed by atoms with E-state index in [1.165, 1.54) is 6.07 Å². The van der Waals surface area contributed by atoms with Crippen molar-refractivity contribution in [2.45, 2.75) is 11.5 Å². The largest absolute Gasteiger partial charge is 0.279 e. The third-order valence-corrected chi connectivity index (χ3v) is 3.07. The Morgan fingerprint density at radius 1 is 1.50 bits per heavy atom. The summed E-state index contributed by atoms with van der Waals surface area (Å²) in [6.45, 7) is 0. The highest BCUT2D eigenvalue weighted by Crippen LogP contribution is 2.30. The molecule has 0 amide bonds. The van der Waals surface area contributed by atoms with Gasteiger partial charge in [-0.15, -0.1) is 0 Å². The molecule has 0 aliphatic carbocycles. The Hall–Kier alpha value is -0.970. The first kappa shape index (κ1) is 13.1. The molecular formula is C7H2Cl2F2N2O2S. The highest BCUT2D eigenvalue weighted by molar-refractivity contribution is 8.13. The second-order valence-electron chi connectivity index (χ2n) is 2.57. The van der Waals surface area contributed by atoms with E-state index in [0.29, 0.717) is 6.07 Å². The fraction of sp³-hybridized carbons (Fsp3) is 0.143. The summed E-state index contributed by atoms with van der Waals surface area (Å²) >= 11 is 5.41. The van der Waals surface area contributed by atoms with Crippen LogP contribution in [0.2, 0.25) is 5.15 Å². The Labute approximate surface area is 98.8 Å². The van der Waals surface area contributed by atoms with Gasteiger partial charge in [-0.25, -0.2) is 22.2 Å². The standard InChI is InChI=1S/C7H2Cl2F2N2O2S/c8-5-3(2-12)1-4(6(10)11)7(13-5)16(9,14)15/h1,6H. The SMILES string of the molecule is N#Cc1cc(C(F)F)c(S(=O)(=O)Cl)nc1Cl. The van der Waals surface area contributed by atoms with Gasteiger partial charge in [0.1, 0.15) is 11.2 Å². The zero-order chi connectivity index (χ0) is 12.5. The van der Waals surface area contributed by atoms with Crippen molar-refractivity contribution in [3.05, 3.63) is 22.3 Å². The molecule has 0 radical (unpaired) electrons. The van der Waals surface area contributed by atoms with E-state index in [1.54, 1.807) is 0 Å². The Bertz CT molecular complexity index is 568. The summed E-state index contributed by atoms with van der Waals surface area (Å²) in [6, 6.07) is 2.15. The second kappa shape index (κ2) is 4.49. The van der Waals surface area contributed by atoms with Gasteiger partial charge < -0.3 is 0 Å². The van der Waals surface area contributed by atoms with Crippen LogP contribution in [-0.4, -0.2) is 13.4 Å². The molecular weight excluding hydrogens is 285 g/mol. The lowest BCUT2D eigenvalue weighted by atomic mass is 10.2. The molecule has 0 aliphatic heterocycles. The van der Waals surface area contributed by atoms with E-state index in [-0.39, 0.29) is 5.56 Å². The first-order chi connectivity index (χ1) is 7.27. The second-order valence-corrected chi connectivity index (χ2v) is 5.41. The number of pyridine rings is 1. The minimum Gasteiger partial charge on any atom is -0.221 e. The molecule has 0 spiro atoms. The lowest BCUT2D eigenvalue weighted by Gasteiger charge is -2.06. The number of halogens is 4. The third-order valence-electron chi connectivity index (χ3n) is 1.56. The molecule has 0 saturated heterocycles. The van der Waals surface area contributed by atoms with Gasteiger partial charge in [-0.1, -0.05) is 11.6 Å². The average molecular weight is 287 g/mol. The first-order valence-electron chi connectivity index (χ1n) is 3.60. The van der Waals surface area contributed by atoms with E-state index in [1.807, 2.05) is 0 Å². The number of nitrogens with zero attached hydrogens (tertiary/aromatic N) is 2. The van der Waals surface area contributed by atoms with Crippen molar-refractivity contribution in [1.82, 2.24) is 4.98 Å². The topological polar surface area (TPSA) is 70.8 Å². The molecule has 1 rings (SSSR count). The summed E-state index contributed by atoms with van der Waals surface area (Å²) in [5.41, 5.74) is -1.29. The maximum absolute atomic E-state index is 12.5. The van der Waals surface area contributed by atoms with E-state index >= 15 is 0 Å². The lowest BCUT2D eigenvalue weighted by molar-refractivity contribution is 0.147. The number of nitriles is 1. The molecule has 4 nitrogen and oxygen atoms in total. The number of rotatable bonds is 2. The number of aromatic nitrogens is 1. The molecule has 1 heterocycles. The van der Waals surface area contributed by atoms with Crippen LogP contribution in [0, 0.1) is 11.3 Å². The van der Waals surface area contributed by atoms with Gasteiger partial charge >= 0.3 is 0 Å². The normalized spacial score (nSPS) is 11.5. The molecule has 1 aromatic rings. The molecule has 0 aliphatic rings. The maximum Gasteiger partial charge on any atom is 0.279 e. The zero-order valence-corrected chi connectivity index (χ0v) is 9.61. The molecule has 0 aromatic carbocycles. The van der Waals surface area contributed by atoms with Crippen molar-refractivity contribution < 1.29 is 17.2 Å². The maximum atomic E-state index is 12.5. The molecule has 0 saturated carbocycles. The molecule has 0 N–H and O–H groups in total. The van der Waals surface area contributed by atoms with Crippen LogP contribution in [0.5, 0.6) is 0 Å². The molecule has 16 heavy (non-hydrogen) atoms. The average Bonchev–Trinajstić information content (AvgIpc) is 2.15. The van der Waals surface area contributed by atoms with Gasteiger partial charge in [0.2, 0.25) is 0 Å². The van der Waals surface area contributed by atoms with E-state index in [4.69, 9.17) is 27.5 Å². The summed E-state index contributed by atoms with van der Waals surface area (Å²) in [5.74, 6) is 0. The van der Waals surface area contributed by atoms with Gasteiger partial charge in [0, 0.05) is 10.7 Å².